The molecule has 4 heterocycles. The van der Waals surface area contributed by atoms with Crippen molar-refractivity contribution in [2.24, 2.45) is 0 Å². The van der Waals surface area contributed by atoms with Crippen LogP contribution in [0.4, 0.5) is 0 Å². The molecule has 1 fully saturated rings. The van der Waals surface area contributed by atoms with Gasteiger partial charge in [-0.15, -0.1) is 11.3 Å². The number of nitrogens with one attached hydrogen (secondary N) is 1. The molecule has 2 aromatic heterocycles. The summed E-state index contributed by atoms with van der Waals surface area (Å²) >= 11 is 7.53. The first-order valence-electron chi connectivity index (χ1n) is 7.53. The average Bonchev–Trinajstić information content (AvgIpc) is 3.09. The molecule has 1 spiro atoms. The van der Waals surface area contributed by atoms with E-state index in [0.717, 1.165) is 17.4 Å². The Morgan fingerprint density at radius 2 is 2.29 bits per heavy atom. The van der Waals surface area contributed by atoms with Crippen LogP contribution >= 0.6 is 22.9 Å². The SMILES string of the molecule is O=S1(=O)NC2(CCN(Cc3ccc(Cl)s3)C2)COc2ccncc21. The maximum Gasteiger partial charge on any atom is 0.246 e. The van der Waals surface area contributed by atoms with Crippen LogP contribution < -0.4 is 9.46 Å². The molecule has 4 rings (SSSR count). The normalized spacial score (nSPS) is 26.0. The Kier molecular flexibility index (Phi) is 4.04. The summed E-state index contributed by atoms with van der Waals surface area (Å²) in [5, 5.41) is 0. The van der Waals surface area contributed by atoms with E-state index in [1.54, 1.807) is 17.4 Å². The third-order valence-electron chi connectivity index (χ3n) is 4.33. The minimum absolute atomic E-state index is 0.102. The molecule has 9 heteroatoms. The summed E-state index contributed by atoms with van der Waals surface area (Å²) in [5.41, 5.74) is -0.612. The highest BCUT2D eigenvalue weighted by atomic mass is 35.5. The van der Waals surface area contributed by atoms with E-state index >= 15 is 0 Å². The Morgan fingerprint density at radius 1 is 1.42 bits per heavy atom. The number of fused-ring (bicyclic) bond motifs is 1. The number of rotatable bonds is 2. The number of aromatic nitrogens is 1. The van der Waals surface area contributed by atoms with E-state index in [1.165, 1.54) is 17.3 Å². The van der Waals surface area contributed by atoms with Gasteiger partial charge in [0, 0.05) is 30.7 Å². The molecule has 0 amide bonds. The van der Waals surface area contributed by atoms with E-state index in [-0.39, 0.29) is 4.90 Å². The fourth-order valence-corrected chi connectivity index (χ4v) is 5.85. The zero-order chi connectivity index (χ0) is 16.8. The van der Waals surface area contributed by atoms with Crippen molar-refractivity contribution >= 4 is 33.0 Å². The topological polar surface area (TPSA) is 71.5 Å². The molecule has 2 aromatic rings. The molecule has 0 saturated carbocycles. The number of hydrogen-bond acceptors (Lipinski definition) is 6. The van der Waals surface area contributed by atoms with Crippen LogP contribution in [0.2, 0.25) is 4.34 Å². The molecule has 1 unspecified atom stereocenters. The Hall–Kier alpha value is -1.19. The summed E-state index contributed by atoms with van der Waals surface area (Å²) in [6.45, 7) is 2.47. The highest BCUT2D eigenvalue weighted by molar-refractivity contribution is 7.89. The van der Waals surface area contributed by atoms with Gasteiger partial charge in [-0.3, -0.25) is 9.88 Å². The van der Waals surface area contributed by atoms with Crippen molar-refractivity contribution in [2.75, 3.05) is 19.7 Å². The first-order valence-corrected chi connectivity index (χ1v) is 10.2. The summed E-state index contributed by atoms with van der Waals surface area (Å²) < 4.78 is 34.7. The average molecular weight is 386 g/mol. The maximum absolute atomic E-state index is 12.7. The van der Waals surface area contributed by atoms with Gasteiger partial charge in [-0.2, -0.15) is 0 Å². The first kappa shape index (κ1) is 16.3. The Morgan fingerprint density at radius 3 is 3.08 bits per heavy atom. The van der Waals surface area contributed by atoms with E-state index < -0.39 is 15.6 Å². The minimum Gasteiger partial charge on any atom is -0.490 e. The van der Waals surface area contributed by atoms with Gasteiger partial charge in [-0.1, -0.05) is 11.6 Å². The molecular formula is C15H16ClN3O3S2. The Bertz CT molecular complexity index is 870. The lowest BCUT2D eigenvalue weighted by atomic mass is 10.0. The van der Waals surface area contributed by atoms with Gasteiger partial charge in [-0.25, -0.2) is 13.1 Å². The van der Waals surface area contributed by atoms with Gasteiger partial charge < -0.3 is 4.74 Å². The molecule has 2 aliphatic heterocycles. The predicted octanol–water partition coefficient (Wildman–Crippen LogP) is 2.11. The zero-order valence-electron chi connectivity index (χ0n) is 12.7. The zero-order valence-corrected chi connectivity index (χ0v) is 15.1. The number of likely N-dealkylation sites (tertiary alicyclic amines) is 1. The van der Waals surface area contributed by atoms with Crippen LogP contribution in [0.3, 0.4) is 0 Å². The second-order valence-corrected chi connectivity index (χ2v) is 9.61. The Balaban J connectivity index is 1.55. The van der Waals surface area contributed by atoms with Gasteiger partial charge in [0.1, 0.15) is 17.3 Å². The molecule has 1 saturated heterocycles. The van der Waals surface area contributed by atoms with Crippen LogP contribution in [0, 0.1) is 0 Å². The number of hydrogen-bond donors (Lipinski definition) is 1. The van der Waals surface area contributed by atoms with E-state index in [2.05, 4.69) is 14.6 Å². The van der Waals surface area contributed by atoms with Gasteiger partial charge in [0.2, 0.25) is 10.0 Å². The van der Waals surface area contributed by atoms with Gasteiger partial charge in [0.25, 0.3) is 0 Å². The molecule has 0 aromatic carbocycles. The molecule has 0 radical (unpaired) electrons. The Labute approximate surface area is 149 Å². The fourth-order valence-electron chi connectivity index (χ4n) is 3.23. The summed E-state index contributed by atoms with van der Waals surface area (Å²) in [7, 11) is -3.65. The summed E-state index contributed by atoms with van der Waals surface area (Å²) in [5.74, 6) is 0.359. The quantitative estimate of drug-likeness (QED) is 0.857. The standard InChI is InChI=1S/C15H16ClN3O3S2/c16-14-2-1-11(23-14)8-19-6-4-15(9-19)10-22-12-3-5-17-7-13(12)24(20,21)18-15/h1-3,5,7,18H,4,6,8-10H2. The van der Waals surface area contributed by atoms with Crippen LogP contribution in [0.25, 0.3) is 0 Å². The van der Waals surface area contributed by atoms with Crippen molar-refractivity contribution < 1.29 is 13.2 Å². The van der Waals surface area contributed by atoms with E-state index in [0.29, 0.717) is 25.3 Å². The van der Waals surface area contributed by atoms with Gasteiger partial charge >= 0.3 is 0 Å². The molecule has 0 bridgehead atoms. The smallest absolute Gasteiger partial charge is 0.246 e. The van der Waals surface area contributed by atoms with Crippen LogP contribution in [-0.4, -0.2) is 43.5 Å². The number of pyridine rings is 1. The van der Waals surface area contributed by atoms with Crippen molar-refractivity contribution in [1.82, 2.24) is 14.6 Å². The number of ether oxygens (including phenoxy) is 1. The minimum atomic E-state index is -3.65. The lowest BCUT2D eigenvalue weighted by Gasteiger charge is -2.27. The highest BCUT2D eigenvalue weighted by Crippen LogP contribution is 2.33. The largest absolute Gasteiger partial charge is 0.490 e. The van der Waals surface area contributed by atoms with Crippen LogP contribution in [0.5, 0.6) is 5.75 Å². The van der Waals surface area contributed by atoms with Crippen molar-refractivity contribution in [2.45, 2.75) is 23.4 Å². The first-order chi connectivity index (χ1) is 11.5. The number of thiophene rings is 1. The summed E-state index contributed by atoms with van der Waals surface area (Å²) in [4.78, 5) is 7.40. The second kappa shape index (κ2) is 5.96. The highest BCUT2D eigenvalue weighted by Gasteiger charge is 2.45. The number of nitrogens with zero attached hydrogens (tertiary/aromatic N) is 2. The van der Waals surface area contributed by atoms with Crippen molar-refractivity contribution in [1.29, 1.82) is 0 Å². The van der Waals surface area contributed by atoms with E-state index in [9.17, 15) is 8.42 Å². The van der Waals surface area contributed by atoms with Crippen molar-refractivity contribution in [3.05, 3.63) is 39.8 Å². The molecule has 2 aliphatic rings. The lowest BCUT2D eigenvalue weighted by molar-refractivity contribution is 0.199. The lowest BCUT2D eigenvalue weighted by Crippen LogP contribution is -2.52. The third-order valence-corrected chi connectivity index (χ3v) is 7.14. The molecule has 1 atom stereocenters. The monoisotopic (exact) mass is 385 g/mol. The molecule has 128 valence electrons. The number of sulfonamides is 1. The van der Waals surface area contributed by atoms with Crippen LogP contribution in [0.15, 0.2) is 35.5 Å². The maximum atomic E-state index is 12.7. The van der Waals surface area contributed by atoms with Crippen LogP contribution in [-0.2, 0) is 16.6 Å². The summed E-state index contributed by atoms with van der Waals surface area (Å²) in [6, 6.07) is 5.48. The van der Waals surface area contributed by atoms with Crippen LogP contribution in [0.1, 0.15) is 11.3 Å². The van der Waals surface area contributed by atoms with E-state index in [4.69, 9.17) is 16.3 Å². The van der Waals surface area contributed by atoms with E-state index in [1.807, 2.05) is 12.1 Å². The molecular weight excluding hydrogens is 370 g/mol. The predicted molar refractivity (Wildman–Crippen MR) is 92.0 cm³/mol. The third kappa shape index (κ3) is 3.04. The molecule has 6 nitrogen and oxygen atoms in total. The molecule has 24 heavy (non-hydrogen) atoms. The van der Waals surface area contributed by atoms with Gasteiger partial charge in [0.15, 0.2) is 0 Å². The second-order valence-electron chi connectivity index (χ2n) is 6.16. The van der Waals surface area contributed by atoms with Crippen molar-refractivity contribution in [3.8, 4) is 5.75 Å². The molecule has 0 aliphatic carbocycles. The summed E-state index contributed by atoms with van der Waals surface area (Å²) in [6.07, 6.45) is 3.57. The fraction of sp³-hybridized carbons (Fsp3) is 0.400. The number of halogens is 1. The van der Waals surface area contributed by atoms with Gasteiger partial charge in [-0.05, 0) is 24.6 Å². The molecule has 1 N–H and O–H groups in total. The van der Waals surface area contributed by atoms with Gasteiger partial charge in [0.05, 0.1) is 16.1 Å². The van der Waals surface area contributed by atoms with Crippen molar-refractivity contribution in [3.63, 3.8) is 0 Å².